The highest BCUT2D eigenvalue weighted by Gasteiger charge is 2.50. The molecule has 2 heterocycles. The number of ether oxygens (including phenoxy) is 4. The van der Waals surface area contributed by atoms with Crippen LogP contribution in [0.3, 0.4) is 0 Å². The Bertz CT molecular complexity index is 830. The zero-order valence-electron chi connectivity index (χ0n) is 16.1. The third-order valence-electron chi connectivity index (χ3n) is 5.55. The summed E-state index contributed by atoms with van der Waals surface area (Å²) in [6.45, 7) is 3.88. The minimum Gasteiger partial charge on any atom is -0.496 e. The van der Waals surface area contributed by atoms with Crippen molar-refractivity contribution < 1.29 is 23.7 Å². The predicted octanol–water partition coefficient (Wildman–Crippen LogP) is 4.54. The second kappa shape index (κ2) is 7.32. The topological polar surface area (TPSA) is 54.0 Å². The van der Waals surface area contributed by atoms with Crippen LogP contribution in [0.4, 0.5) is 0 Å². The van der Waals surface area contributed by atoms with E-state index in [0.29, 0.717) is 24.8 Å². The Balaban J connectivity index is 1.76. The molecule has 0 saturated carbocycles. The smallest absolute Gasteiger partial charge is 0.334 e. The van der Waals surface area contributed by atoms with Gasteiger partial charge < -0.3 is 18.9 Å². The van der Waals surface area contributed by atoms with Gasteiger partial charge in [0.2, 0.25) is 0 Å². The molecule has 28 heavy (non-hydrogen) atoms. The lowest BCUT2D eigenvalue weighted by molar-refractivity contribution is -0.173. The van der Waals surface area contributed by atoms with Gasteiger partial charge in [0.25, 0.3) is 0 Å². The molecule has 2 aliphatic heterocycles. The fourth-order valence-corrected chi connectivity index (χ4v) is 4.28. The molecule has 5 nitrogen and oxygen atoms in total. The maximum atomic E-state index is 12.2. The zero-order valence-corrected chi connectivity index (χ0v) is 16.1. The average molecular weight is 380 g/mol. The number of carbonyl (C=O) groups excluding carboxylic acids is 1. The van der Waals surface area contributed by atoms with E-state index in [0.717, 1.165) is 22.6 Å². The molecule has 2 aromatic carbocycles. The number of benzene rings is 2. The van der Waals surface area contributed by atoms with Gasteiger partial charge in [0, 0.05) is 36.0 Å². The normalized spacial score (nSPS) is 26.9. The Morgan fingerprint density at radius 2 is 1.43 bits per heavy atom. The van der Waals surface area contributed by atoms with E-state index >= 15 is 0 Å². The molecule has 0 aromatic heterocycles. The highest BCUT2D eigenvalue weighted by Crippen LogP contribution is 2.52. The quantitative estimate of drug-likeness (QED) is 0.576. The molecule has 4 rings (SSSR count). The minimum absolute atomic E-state index is 0.279. The average Bonchev–Trinajstić information content (AvgIpc) is 2.99. The molecular formula is C23H24O5. The highest BCUT2D eigenvalue weighted by molar-refractivity contribution is 5.90. The van der Waals surface area contributed by atoms with Gasteiger partial charge in [0.1, 0.15) is 17.1 Å². The van der Waals surface area contributed by atoms with Gasteiger partial charge in [-0.1, -0.05) is 43.0 Å². The van der Waals surface area contributed by atoms with E-state index in [9.17, 15) is 4.79 Å². The van der Waals surface area contributed by atoms with Gasteiger partial charge in [-0.2, -0.15) is 0 Å². The van der Waals surface area contributed by atoms with Crippen LogP contribution in [0.1, 0.15) is 42.6 Å². The molecule has 1 spiro atoms. The second-order valence-corrected chi connectivity index (χ2v) is 7.36. The SMILES string of the molecule is C=C1CC2(C[C@@H](c3ccccc3OC)O[C@H](c3ccccc3OC)C2)OC1=O. The van der Waals surface area contributed by atoms with Crippen molar-refractivity contribution in [2.45, 2.75) is 37.1 Å². The molecule has 0 radical (unpaired) electrons. The molecule has 0 N–H and O–H groups in total. The molecule has 0 bridgehead atoms. The van der Waals surface area contributed by atoms with E-state index in [-0.39, 0.29) is 18.2 Å². The third-order valence-corrected chi connectivity index (χ3v) is 5.55. The van der Waals surface area contributed by atoms with Crippen LogP contribution in [0.5, 0.6) is 11.5 Å². The van der Waals surface area contributed by atoms with Crippen LogP contribution in [0.15, 0.2) is 60.7 Å². The first-order chi connectivity index (χ1) is 13.5. The van der Waals surface area contributed by atoms with Crippen LogP contribution in [-0.2, 0) is 14.3 Å². The summed E-state index contributed by atoms with van der Waals surface area (Å²) in [7, 11) is 3.29. The Hall–Kier alpha value is -2.79. The molecule has 0 amide bonds. The van der Waals surface area contributed by atoms with Crippen LogP contribution in [0.2, 0.25) is 0 Å². The van der Waals surface area contributed by atoms with Crippen LogP contribution in [0.25, 0.3) is 0 Å². The van der Waals surface area contributed by atoms with E-state index in [4.69, 9.17) is 18.9 Å². The number of carbonyl (C=O) groups is 1. The first-order valence-corrected chi connectivity index (χ1v) is 9.37. The van der Waals surface area contributed by atoms with Crippen LogP contribution >= 0.6 is 0 Å². The van der Waals surface area contributed by atoms with E-state index in [2.05, 4.69) is 6.58 Å². The molecular weight excluding hydrogens is 356 g/mol. The zero-order chi connectivity index (χ0) is 19.7. The van der Waals surface area contributed by atoms with Crippen molar-refractivity contribution in [2.75, 3.05) is 14.2 Å². The number of rotatable bonds is 4. The summed E-state index contributed by atoms with van der Waals surface area (Å²) in [6.07, 6.45) is 1.07. The molecule has 5 heteroatoms. The summed E-state index contributed by atoms with van der Waals surface area (Å²) in [5, 5.41) is 0. The van der Waals surface area contributed by atoms with E-state index in [1.54, 1.807) is 14.2 Å². The molecule has 2 aromatic rings. The summed E-state index contributed by atoms with van der Waals surface area (Å²) in [5.41, 5.74) is 1.76. The largest absolute Gasteiger partial charge is 0.496 e. The number of para-hydroxylation sites is 2. The highest BCUT2D eigenvalue weighted by atomic mass is 16.6. The van der Waals surface area contributed by atoms with Crippen molar-refractivity contribution in [3.05, 3.63) is 71.8 Å². The van der Waals surface area contributed by atoms with Gasteiger partial charge in [-0.05, 0) is 12.1 Å². The molecule has 2 aliphatic rings. The Morgan fingerprint density at radius 3 is 1.86 bits per heavy atom. The monoisotopic (exact) mass is 380 g/mol. The van der Waals surface area contributed by atoms with Crippen molar-refractivity contribution in [1.29, 1.82) is 0 Å². The van der Waals surface area contributed by atoms with Crippen molar-refractivity contribution in [2.24, 2.45) is 0 Å². The summed E-state index contributed by atoms with van der Waals surface area (Å²) in [6, 6.07) is 15.6. The van der Waals surface area contributed by atoms with Gasteiger partial charge in [0.05, 0.1) is 26.4 Å². The van der Waals surface area contributed by atoms with E-state index < -0.39 is 5.60 Å². The fourth-order valence-electron chi connectivity index (χ4n) is 4.28. The summed E-state index contributed by atoms with van der Waals surface area (Å²) in [4.78, 5) is 12.2. The summed E-state index contributed by atoms with van der Waals surface area (Å²) < 4.78 is 23.5. The van der Waals surface area contributed by atoms with Gasteiger partial charge in [-0.25, -0.2) is 4.79 Å². The lowest BCUT2D eigenvalue weighted by Gasteiger charge is -2.41. The fraction of sp³-hybridized carbons (Fsp3) is 0.348. The number of methoxy groups -OCH3 is 2. The van der Waals surface area contributed by atoms with Gasteiger partial charge in [-0.15, -0.1) is 0 Å². The van der Waals surface area contributed by atoms with Gasteiger partial charge in [-0.3, -0.25) is 0 Å². The molecule has 146 valence electrons. The first kappa shape index (κ1) is 18.6. The van der Waals surface area contributed by atoms with E-state index in [1.165, 1.54) is 0 Å². The first-order valence-electron chi connectivity index (χ1n) is 9.37. The number of hydrogen-bond donors (Lipinski definition) is 0. The molecule has 2 saturated heterocycles. The summed E-state index contributed by atoms with van der Waals surface area (Å²) in [5.74, 6) is 1.19. The van der Waals surface area contributed by atoms with Crippen LogP contribution < -0.4 is 9.47 Å². The van der Waals surface area contributed by atoms with Crippen molar-refractivity contribution in [3.63, 3.8) is 0 Å². The van der Waals surface area contributed by atoms with Gasteiger partial charge in [0.15, 0.2) is 0 Å². The van der Waals surface area contributed by atoms with Crippen LogP contribution in [0, 0.1) is 0 Å². The predicted molar refractivity (Wildman–Crippen MR) is 104 cm³/mol. The summed E-state index contributed by atoms with van der Waals surface area (Å²) >= 11 is 0. The van der Waals surface area contributed by atoms with E-state index in [1.807, 2.05) is 48.5 Å². The molecule has 0 aliphatic carbocycles. The Labute approximate surface area is 164 Å². The maximum Gasteiger partial charge on any atom is 0.334 e. The second-order valence-electron chi connectivity index (χ2n) is 7.36. The Kier molecular flexibility index (Phi) is 4.85. The lowest BCUT2D eigenvalue weighted by atomic mass is 9.80. The van der Waals surface area contributed by atoms with Gasteiger partial charge >= 0.3 is 5.97 Å². The molecule has 2 atom stereocenters. The van der Waals surface area contributed by atoms with Crippen molar-refractivity contribution in [1.82, 2.24) is 0 Å². The minimum atomic E-state index is -0.635. The molecule has 2 fully saturated rings. The number of esters is 1. The van der Waals surface area contributed by atoms with Crippen molar-refractivity contribution >= 4 is 5.97 Å². The van der Waals surface area contributed by atoms with Crippen molar-refractivity contribution in [3.8, 4) is 11.5 Å². The Morgan fingerprint density at radius 1 is 0.929 bits per heavy atom. The third kappa shape index (κ3) is 3.27. The number of hydrogen-bond acceptors (Lipinski definition) is 5. The molecule has 0 unspecified atom stereocenters. The van der Waals surface area contributed by atoms with Crippen LogP contribution in [-0.4, -0.2) is 25.8 Å². The lowest BCUT2D eigenvalue weighted by Crippen LogP contribution is -2.39. The standard InChI is InChI=1S/C23H24O5/c1-15-12-23(28-22(15)24)13-20(16-8-4-6-10-18(16)25-2)27-21(14-23)17-9-5-7-11-19(17)26-3/h4-11,20-21H,1,12-14H2,2-3H3/t20-,21-/m0/s1. The maximum absolute atomic E-state index is 12.2.